The first-order chi connectivity index (χ1) is 14.1. The van der Waals surface area contributed by atoms with Gasteiger partial charge >= 0.3 is 6.03 Å². The quantitative estimate of drug-likeness (QED) is 0.689. The minimum Gasteiger partial charge on any atom is -0.467 e. The molecule has 1 fully saturated rings. The van der Waals surface area contributed by atoms with Gasteiger partial charge in [0.1, 0.15) is 11.6 Å². The Bertz CT molecular complexity index is 792. The molecule has 0 spiro atoms. The van der Waals surface area contributed by atoms with Crippen molar-refractivity contribution in [2.45, 2.75) is 45.2 Å². The van der Waals surface area contributed by atoms with Crippen molar-refractivity contribution < 1.29 is 18.4 Å². The van der Waals surface area contributed by atoms with Crippen LogP contribution >= 0.6 is 0 Å². The van der Waals surface area contributed by atoms with Crippen LogP contribution in [0.4, 0.5) is 9.18 Å². The third-order valence-electron chi connectivity index (χ3n) is 5.29. The van der Waals surface area contributed by atoms with Crippen LogP contribution in [0.25, 0.3) is 0 Å². The van der Waals surface area contributed by atoms with E-state index >= 15 is 0 Å². The summed E-state index contributed by atoms with van der Waals surface area (Å²) < 4.78 is 18.6. The highest BCUT2D eigenvalue weighted by atomic mass is 19.1. The van der Waals surface area contributed by atoms with Crippen LogP contribution in [-0.4, -0.2) is 29.9 Å². The molecule has 1 aromatic carbocycles. The molecule has 6 nitrogen and oxygen atoms in total. The molecule has 1 aliphatic heterocycles. The molecule has 0 aliphatic carbocycles. The summed E-state index contributed by atoms with van der Waals surface area (Å²) in [5, 5.41) is 5.83. The van der Waals surface area contributed by atoms with E-state index in [9.17, 15) is 14.0 Å². The molecular formula is C22H28FN3O3. The first-order valence-electron chi connectivity index (χ1n) is 10.2. The first kappa shape index (κ1) is 20.9. The molecule has 29 heavy (non-hydrogen) atoms. The summed E-state index contributed by atoms with van der Waals surface area (Å²) >= 11 is 0. The second-order valence-corrected chi connectivity index (χ2v) is 7.38. The van der Waals surface area contributed by atoms with Gasteiger partial charge < -0.3 is 20.0 Å². The summed E-state index contributed by atoms with van der Waals surface area (Å²) in [6.07, 6.45) is 4.75. The van der Waals surface area contributed by atoms with Gasteiger partial charge in [0.05, 0.1) is 24.8 Å². The minimum atomic E-state index is -0.307. The Hall–Kier alpha value is -2.83. The molecule has 1 saturated heterocycles. The van der Waals surface area contributed by atoms with Crippen molar-refractivity contribution in [1.82, 2.24) is 15.5 Å². The Morgan fingerprint density at radius 1 is 1.17 bits per heavy atom. The molecule has 2 atom stereocenters. The van der Waals surface area contributed by atoms with Gasteiger partial charge in [0, 0.05) is 13.1 Å². The SMILES string of the molecule is CCCCNC(=O)N1C[C@@H](C(=O)NCc2ccco2)CC[C@H]1c1ccc(F)cc1. The molecule has 2 heterocycles. The molecule has 1 aromatic heterocycles. The van der Waals surface area contributed by atoms with Gasteiger partial charge in [0.15, 0.2) is 0 Å². The number of halogens is 1. The van der Waals surface area contributed by atoms with Gasteiger partial charge in [0.2, 0.25) is 5.91 Å². The van der Waals surface area contributed by atoms with Crippen LogP contribution in [0.3, 0.4) is 0 Å². The first-order valence-corrected chi connectivity index (χ1v) is 10.2. The summed E-state index contributed by atoms with van der Waals surface area (Å²) in [5.41, 5.74) is 0.881. The summed E-state index contributed by atoms with van der Waals surface area (Å²) in [6.45, 7) is 3.31. The van der Waals surface area contributed by atoms with E-state index in [1.807, 2.05) is 0 Å². The highest BCUT2D eigenvalue weighted by Crippen LogP contribution is 2.33. The number of piperidine rings is 1. The Morgan fingerprint density at radius 2 is 1.97 bits per heavy atom. The van der Waals surface area contributed by atoms with Crippen LogP contribution in [0.5, 0.6) is 0 Å². The number of furan rings is 1. The van der Waals surface area contributed by atoms with Gasteiger partial charge in [-0.2, -0.15) is 0 Å². The highest BCUT2D eigenvalue weighted by molar-refractivity contribution is 5.81. The molecule has 3 amide bonds. The predicted molar refractivity (Wildman–Crippen MR) is 107 cm³/mol. The normalized spacial score (nSPS) is 19.0. The molecule has 1 aliphatic rings. The zero-order valence-electron chi connectivity index (χ0n) is 16.7. The number of hydrogen-bond donors (Lipinski definition) is 2. The number of rotatable bonds is 7. The van der Waals surface area contributed by atoms with Crippen molar-refractivity contribution in [1.29, 1.82) is 0 Å². The van der Waals surface area contributed by atoms with Crippen molar-refractivity contribution >= 4 is 11.9 Å². The lowest BCUT2D eigenvalue weighted by molar-refractivity contribution is -0.127. The van der Waals surface area contributed by atoms with Gasteiger partial charge in [-0.05, 0) is 49.1 Å². The fourth-order valence-corrected chi connectivity index (χ4v) is 3.65. The smallest absolute Gasteiger partial charge is 0.317 e. The van der Waals surface area contributed by atoms with Crippen molar-refractivity contribution in [3.05, 3.63) is 59.8 Å². The number of nitrogens with one attached hydrogen (secondary N) is 2. The molecular weight excluding hydrogens is 373 g/mol. The second-order valence-electron chi connectivity index (χ2n) is 7.38. The van der Waals surface area contributed by atoms with E-state index in [2.05, 4.69) is 17.6 Å². The molecule has 0 unspecified atom stereocenters. The standard InChI is InChI=1S/C22H28FN3O3/c1-2-3-12-24-22(28)26-15-17(21(27)25-14-19-5-4-13-29-19)8-11-20(26)16-6-9-18(23)10-7-16/h4-7,9-10,13,17,20H,2-3,8,11-12,14-15H2,1H3,(H,24,28)(H,25,27)/t17-,20-/m0/s1. The number of carbonyl (C=O) groups is 2. The zero-order chi connectivity index (χ0) is 20.6. The lowest BCUT2D eigenvalue weighted by Gasteiger charge is -2.39. The van der Waals surface area contributed by atoms with Gasteiger partial charge in [-0.25, -0.2) is 9.18 Å². The van der Waals surface area contributed by atoms with Crippen molar-refractivity contribution in [3.63, 3.8) is 0 Å². The molecule has 3 rings (SSSR count). The maximum atomic E-state index is 13.3. The number of urea groups is 1. The topological polar surface area (TPSA) is 74.6 Å². The molecule has 0 bridgehead atoms. The molecule has 2 aromatic rings. The van der Waals surface area contributed by atoms with Crippen LogP contribution in [0.15, 0.2) is 47.1 Å². The van der Waals surface area contributed by atoms with Gasteiger partial charge in [0.25, 0.3) is 0 Å². The maximum absolute atomic E-state index is 13.3. The van der Waals surface area contributed by atoms with Crippen molar-refractivity contribution in [2.75, 3.05) is 13.1 Å². The average Bonchev–Trinajstić information content (AvgIpc) is 3.26. The molecule has 156 valence electrons. The van der Waals surface area contributed by atoms with Crippen molar-refractivity contribution in [2.24, 2.45) is 5.92 Å². The lowest BCUT2D eigenvalue weighted by Crippen LogP contribution is -2.50. The minimum absolute atomic E-state index is 0.0923. The number of benzene rings is 1. The average molecular weight is 401 g/mol. The monoisotopic (exact) mass is 401 g/mol. The number of amides is 3. The molecule has 0 saturated carbocycles. The Labute approximate surface area is 170 Å². The van der Waals surface area contributed by atoms with E-state index in [1.165, 1.54) is 12.1 Å². The summed E-state index contributed by atoms with van der Waals surface area (Å²) in [7, 11) is 0. The number of likely N-dealkylation sites (tertiary alicyclic amines) is 1. The summed E-state index contributed by atoms with van der Waals surface area (Å²) in [6, 6.07) is 9.46. The zero-order valence-corrected chi connectivity index (χ0v) is 16.7. The van der Waals surface area contributed by atoms with Crippen LogP contribution in [0.2, 0.25) is 0 Å². The Kier molecular flexibility index (Phi) is 7.27. The van der Waals surface area contributed by atoms with Crippen molar-refractivity contribution in [3.8, 4) is 0 Å². The predicted octanol–water partition coefficient (Wildman–Crippen LogP) is 4.00. The van der Waals surface area contributed by atoms with Gasteiger partial charge in [-0.3, -0.25) is 4.79 Å². The molecule has 7 heteroatoms. The maximum Gasteiger partial charge on any atom is 0.317 e. The van der Waals surface area contributed by atoms with Crippen LogP contribution < -0.4 is 10.6 Å². The second kappa shape index (κ2) is 10.1. The third-order valence-corrected chi connectivity index (χ3v) is 5.29. The molecule has 0 radical (unpaired) electrons. The fraction of sp³-hybridized carbons (Fsp3) is 0.455. The fourth-order valence-electron chi connectivity index (χ4n) is 3.65. The van der Waals surface area contributed by atoms with Crippen LogP contribution in [-0.2, 0) is 11.3 Å². The molecule has 2 N–H and O–H groups in total. The number of carbonyl (C=O) groups excluding carboxylic acids is 2. The van der Waals surface area contributed by atoms with E-state index in [-0.39, 0.29) is 29.7 Å². The van der Waals surface area contributed by atoms with Gasteiger partial charge in [-0.15, -0.1) is 0 Å². The number of hydrogen-bond acceptors (Lipinski definition) is 3. The Morgan fingerprint density at radius 3 is 2.66 bits per heavy atom. The highest BCUT2D eigenvalue weighted by Gasteiger charge is 2.35. The lowest BCUT2D eigenvalue weighted by atomic mass is 9.88. The van der Waals surface area contributed by atoms with E-state index in [4.69, 9.17) is 4.42 Å². The van der Waals surface area contributed by atoms with E-state index in [0.717, 1.165) is 18.4 Å². The number of unbranched alkanes of at least 4 members (excludes halogenated alkanes) is 1. The van der Waals surface area contributed by atoms with E-state index in [1.54, 1.807) is 35.4 Å². The van der Waals surface area contributed by atoms with Gasteiger partial charge in [-0.1, -0.05) is 25.5 Å². The Balaban J connectivity index is 1.68. The van der Waals surface area contributed by atoms with Crippen LogP contribution in [0, 0.1) is 11.7 Å². The van der Waals surface area contributed by atoms with E-state index < -0.39 is 0 Å². The largest absolute Gasteiger partial charge is 0.467 e. The van der Waals surface area contributed by atoms with Crippen LogP contribution in [0.1, 0.15) is 50.0 Å². The summed E-state index contributed by atoms with van der Waals surface area (Å²) in [5.74, 6) is -0.00454. The van der Waals surface area contributed by atoms with E-state index in [0.29, 0.717) is 38.2 Å². The summed E-state index contributed by atoms with van der Waals surface area (Å²) in [4.78, 5) is 27.2. The number of nitrogens with zero attached hydrogens (tertiary/aromatic N) is 1. The third kappa shape index (κ3) is 5.59.